The van der Waals surface area contributed by atoms with Crippen molar-refractivity contribution in [3.63, 3.8) is 0 Å². The highest BCUT2D eigenvalue weighted by Crippen LogP contribution is 2.17. The molecule has 1 aliphatic heterocycles. The van der Waals surface area contributed by atoms with Gasteiger partial charge in [-0.05, 0) is 12.5 Å². The number of nitrogens with zero attached hydrogens (tertiary/aromatic N) is 2. The molecule has 2 rings (SSSR count). The lowest BCUT2D eigenvalue weighted by atomic mass is 10.1. The number of nitrogens with one attached hydrogen (secondary N) is 2. The smallest absolute Gasteiger partial charge is 0.253 e. The molecule has 96 valence electrons. The number of hydrogen-bond donors (Lipinski definition) is 2. The molecule has 2 N–H and O–H groups in total. The molecule has 1 aromatic heterocycles. The van der Waals surface area contributed by atoms with Crippen LogP contribution < -0.4 is 15.4 Å². The number of ether oxygens (including phenoxy) is 1. The second kappa shape index (κ2) is 5.48. The van der Waals surface area contributed by atoms with Crippen molar-refractivity contribution in [2.24, 2.45) is 4.99 Å². The van der Waals surface area contributed by atoms with Gasteiger partial charge in [-0.15, -0.1) is 0 Å². The number of carbonyl (C=O) groups is 1. The average Bonchev–Trinajstić information content (AvgIpc) is 2.78. The zero-order valence-corrected chi connectivity index (χ0v) is 10.4. The van der Waals surface area contributed by atoms with Crippen LogP contribution in [0.5, 0.6) is 5.88 Å². The van der Waals surface area contributed by atoms with Crippen molar-refractivity contribution in [3.05, 3.63) is 23.9 Å². The lowest BCUT2D eigenvalue weighted by molar-refractivity contribution is -0.120. The number of guanidine groups is 1. The quantitative estimate of drug-likeness (QED) is 0.819. The van der Waals surface area contributed by atoms with Gasteiger partial charge >= 0.3 is 0 Å². The fourth-order valence-corrected chi connectivity index (χ4v) is 1.65. The first-order chi connectivity index (χ1) is 8.74. The van der Waals surface area contributed by atoms with Gasteiger partial charge in [0.1, 0.15) is 6.04 Å². The summed E-state index contributed by atoms with van der Waals surface area (Å²) >= 11 is 0. The third-order valence-corrected chi connectivity index (χ3v) is 2.58. The minimum atomic E-state index is -0.431. The Hall–Kier alpha value is -2.11. The predicted molar refractivity (Wildman–Crippen MR) is 67.4 cm³/mol. The van der Waals surface area contributed by atoms with Crippen LogP contribution in [0.15, 0.2) is 23.3 Å². The molecular weight excluding hydrogens is 232 g/mol. The van der Waals surface area contributed by atoms with Crippen LogP contribution in [0.2, 0.25) is 0 Å². The van der Waals surface area contributed by atoms with Crippen LogP contribution in [-0.4, -0.2) is 30.5 Å². The largest absolute Gasteiger partial charge is 0.481 e. The second-order valence-electron chi connectivity index (χ2n) is 3.93. The molecule has 1 unspecified atom stereocenters. The van der Waals surface area contributed by atoms with Gasteiger partial charge in [-0.3, -0.25) is 15.1 Å². The summed E-state index contributed by atoms with van der Waals surface area (Å²) in [6.45, 7) is 2.72. The number of carbonyl (C=O) groups excluding carboxylic acids is 1. The van der Waals surface area contributed by atoms with E-state index >= 15 is 0 Å². The Morgan fingerprint density at radius 3 is 2.94 bits per heavy atom. The summed E-state index contributed by atoms with van der Waals surface area (Å²) in [5.41, 5.74) is 0.787. The number of pyridine rings is 1. The summed E-state index contributed by atoms with van der Waals surface area (Å²) in [4.78, 5) is 20.1. The third kappa shape index (κ3) is 2.58. The lowest BCUT2D eigenvalue weighted by Gasteiger charge is -2.07. The summed E-state index contributed by atoms with van der Waals surface area (Å²) in [6, 6.07) is 3.11. The number of hydrogen-bond acceptors (Lipinski definition) is 4. The molecule has 18 heavy (non-hydrogen) atoms. The topological polar surface area (TPSA) is 75.6 Å². The fourth-order valence-electron chi connectivity index (χ4n) is 1.65. The Balaban J connectivity index is 2.11. The van der Waals surface area contributed by atoms with Crippen molar-refractivity contribution < 1.29 is 9.53 Å². The van der Waals surface area contributed by atoms with E-state index in [1.54, 1.807) is 19.4 Å². The molecule has 0 spiro atoms. The van der Waals surface area contributed by atoms with Gasteiger partial charge in [-0.2, -0.15) is 0 Å². The van der Waals surface area contributed by atoms with E-state index in [0.717, 1.165) is 12.0 Å². The van der Waals surface area contributed by atoms with E-state index < -0.39 is 6.04 Å². The van der Waals surface area contributed by atoms with Crippen molar-refractivity contribution in [2.45, 2.75) is 19.4 Å². The second-order valence-corrected chi connectivity index (χ2v) is 3.93. The van der Waals surface area contributed by atoms with Crippen LogP contribution in [0.3, 0.4) is 0 Å². The van der Waals surface area contributed by atoms with Crippen LogP contribution in [0.1, 0.15) is 24.9 Å². The molecule has 2 heterocycles. The standard InChI is InChI=1S/C12H16N4O2/c1-3-6-13-12-15-10(11(17)16-12)8-4-5-9(18-2)14-7-8/h4-5,7,10H,3,6H2,1-2H3,(H2,13,15,16,17). The van der Waals surface area contributed by atoms with Crippen molar-refractivity contribution in [2.75, 3.05) is 13.7 Å². The number of aromatic nitrogens is 1. The molecule has 1 amide bonds. The summed E-state index contributed by atoms with van der Waals surface area (Å²) in [5.74, 6) is 0.941. The highest BCUT2D eigenvalue weighted by atomic mass is 16.5. The normalized spacial score (nSPS) is 20.7. The first-order valence-corrected chi connectivity index (χ1v) is 5.86. The van der Waals surface area contributed by atoms with Crippen LogP contribution in [0.4, 0.5) is 0 Å². The molecule has 1 aliphatic rings. The highest BCUT2D eigenvalue weighted by molar-refractivity contribution is 6.06. The Bertz CT molecular complexity index is 456. The fraction of sp³-hybridized carbons (Fsp3) is 0.417. The van der Waals surface area contributed by atoms with Gasteiger partial charge in [0.05, 0.1) is 7.11 Å². The molecule has 0 aliphatic carbocycles. The molecule has 1 atom stereocenters. The Kier molecular flexibility index (Phi) is 3.76. The van der Waals surface area contributed by atoms with Crippen molar-refractivity contribution in [1.82, 2.24) is 15.6 Å². The first kappa shape index (κ1) is 12.3. The summed E-state index contributed by atoms with van der Waals surface area (Å²) in [5, 5.41) is 5.74. The Morgan fingerprint density at radius 2 is 2.33 bits per heavy atom. The maximum atomic E-state index is 11.8. The molecule has 1 aromatic rings. The minimum Gasteiger partial charge on any atom is -0.481 e. The first-order valence-electron chi connectivity index (χ1n) is 5.86. The third-order valence-electron chi connectivity index (χ3n) is 2.58. The Morgan fingerprint density at radius 1 is 1.50 bits per heavy atom. The Labute approximate surface area is 105 Å². The van der Waals surface area contributed by atoms with E-state index in [1.165, 1.54) is 0 Å². The summed E-state index contributed by atoms with van der Waals surface area (Å²) in [7, 11) is 1.55. The molecule has 0 aromatic carbocycles. The number of aliphatic imine (C=N–C) groups is 1. The van der Waals surface area contributed by atoms with Gasteiger partial charge in [0.15, 0.2) is 5.96 Å². The summed E-state index contributed by atoms with van der Waals surface area (Å²) in [6.07, 6.45) is 2.56. The van der Waals surface area contributed by atoms with E-state index in [-0.39, 0.29) is 5.91 Å². The van der Waals surface area contributed by atoms with Gasteiger partial charge in [0, 0.05) is 24.4 Å². The molecule has 6 heteroatoms. The SMILES string of the molecule is CCCN=C1NC(=O)C(c2ccc(OC)nc2)N1. The van der Waals surface area contributed by atoms with E-state index in [0.29, 0.717) is 18.4 Å². The van der Waals surface area contributed by atoms with Gasteiger partial charge in [0.25, 0.3) is 5.91 Å². The number of methoxy groups -OCH3 is 1. The minimum absolute atomic E-state index is 0.114. The average molecular weight is 248 g/mol. The van der Waals surface area contributed by atoms with Crippen LogP contribution in [-0.2, 0) is 4.79 Å². The zero-order chi connectivity index (χ0) is 13.0. The van der Waals surface area contributed by atoms with Crippen molar-refractivity contribution in [1.29, 1.82) is 0 Å². The molecule has 0 bridgehead atoms. The monoisotopic (exact) mass is 248 g/mol. The molecule has 6 nitrogen and oxygen atoms in total. The lowest BCUT2D eigenvalue weighted by Crippen LogP contribution is -2.25. The molecule has 0 saturated carbocycles. The van der Waals surface area contributed by atoms with Gasteiger partial charge in [-0.25, -0.2) is 4.98 Å². The summed E-state index contributed by atoms with van der Waals surface area (Å²) < 4.78 is 4.98. The van der Waals surface area contributed by atoms with Crippen LogP contribution in [0, 0.1) is 0 Å². The maximum absolute atomic E-state index is 11.8. The number of rotatable bonds is 4. The van der Waals surface area contributed by atoms with E-state index in [9.17, 15) is 4.79 Å². The molecule has 1 saturated heterocycles. The highest BCUT2D eigenvalue weighted by Gasteiger charge is 2.29. The van der Waals surface area contributed by atoms with Crippen LogP contribution >= 0.6 is 0 Å². The van der Waals surface area contributed by atoms with Crippen LogP contribution in [0.25, 0.3) is 0 Å². The maximum Gasteiger partial charge on any atom is 0.253 e. The van der Waals surface area contributed by atoms with E-state index in [1.807, 2.05) is 13.0 Å². The molecular formula is C12H16N4O2. The van der Waals surface area contributed by atoms with Crippen molar-refractivity contribution in [3.8, 4) is 5.88 Å². The van der Waals surface area contributed by atoms with Gasteiger partial charge in [0.2, 0.25) is 5.88 Å². The van der Waals surface area contributed by atoms with E-state index in [4.69, 9.17) is 4.74 Å². The van der Waals surface area contributed by atoms with E-state index in [2.05, 4.69) is 20.6 Å². The van der Waals surface area contributed by atoms with Gasteiger partial charge in [-0.1, -0.05) is 6.92 Å². The van der Waals surface area contributed by atoms with Gasteiger partial charge < -0.3 is 10.1 Å². The zero-order valence-electron chi connectivity index (χ0n) is 10.4. The number of amides is 1. The van der Waals surface area contributed by atoms with Crippen molar-refractivity contribution >= 4 is 11.9 Å². The predicted octanol–water partition coefficient (Wildman–Crippen LogP) is 0.617. The molecule has 0 radical (unpaired) electrons. The molecule has 1 fully saturated rings.